The van der Waals surface area contributed by atoms with Gasteiger partial charge in [0.25, 0.3) is 0 Å². The summed E-state index contributed by atoms with van der Waals surface area (Å²) in [4.78, 5) is 2.28. The van der Waals surface area contributed by atoms with E-state index in [0.29, 0.717) is 5.75 Å². The van der Waals surface area contributed by atoms with Crippen LogP contribution in [0.5, 0.6) is 5.75 Å². The van der Waals surface area contributed by atoms with Gasteiger partial charge in [-0.25, -0.2) is 8.78 Å². The van der Waals surface area contributed by atoms with Gasteiger partial charge in [-0.3, -0.25) is 4.90 Å². The van der Waals surface area contributed by atoms with Gasteiger partial charge < -0.3 is 4.74 Å². The Morgan fingerprint density at radius 3 is 2.35 bits per heavy atom. The molecule has 94 valence electrons. The van der Waals surface area contributed by atoms with Crippen LogP contribution in [0.15, 0.2) is 18.2 Å². The lowest BCUT2D eigenvalue weighted by Crippen LogP contribution is -2.60. The fourth-order valence-corrected chi connectivity index (χ4v) is 1.80. The molecule has 2 rings (SSSR count). The van der Waals surface area contributed by atoms with Crippen molar-refractivity contribution in [3.63, 3.8) is 0 Å². The van der Waals surface area contributed by atoms with Crippen LogP contribution in [0.25, 0.3) is 0 Å². The average Bonchev–Trinajstić information content (AvgIpc) is 2.14. The number of ether oxygens (including phenoxy) is 1. The maximum absolute atomic E-state index is 13.0. The highest BCUT2D eigenvalue weighted by Crippen LogP contribution is 2.25. The Morgan fingerprint density at radius 1 is 1.18 bits per heavy atom. The van der Waals surface area contributed by atoms with Gasteiger partial charge in [0.05, 0.1) is 0 Å². The maximum Gasteiger partial charge on any atom is 0.162 e. The Labute approximate surface area is 100 Å². The Bertz CT molecular complexity index is 408. The topological polar surface area (TPSA) is 12.5 Å². The molecular formula is C13H17F2NO. The van der Waals surface area contributed by atoms with Crippen molar-refractivity contribution in [3.8, 4) is 5.75 Å². The van der Waals surface area contributed by atoms with Crippen molar-refractivity contribution < 1.29 is 13.5 Å². The second kappa shape index (κ2) is 4.26. The Balaban J connectivity index is 1.90. The van der Waals surface area contributed by atoms with Crippen LogP contribution < -0.4 is 4.74 Å². The lowest BCUT2D eigenvalue weighted by molar-refractivity contribution is -0.0351. The summed E-state index contributed by atoms with van der Waals surface area (Å²) < 4.78 is 31.2. The van der Waals surface area contributed by atoms with E-state index in [9.17, 15) is 8.78 Å². The van der Waals surface area contributed by atoms with Gasteiger partial charge in [0, 0.05) is 24.7 Å². The third kappa shape index (κ3) is 2.75. The van der Waals surface area contributed by atoms with Crippen molar-refractivity contribution >= 4 is 0 Å². The van der Waals surface area contributed by atoms with E-state index in [1.807, 2.05) is 0 Å². The number of nitrogens with zero attached hydrogens (tertiary/aromatic N) is 1. The lowest BCUT2D eigenvalue weighted by Gasteiger charge is -2.47. The molecule has 1 fully saturated rings. The molecule has 0 saturated carbocycles. The molecule has 0 N–H and O–H groups in total. The third-order valence-corrected chi connectivity index (χ3v) is 2.99. The summed E-state index contributed by atoms with van der Waals surface area (Å²) in [5.41, 5.74) is 0.133. The van der Waals surface area contributed by atoms with Crippen molar-refractivity contribution in [2.45, 2.75) is 32.4 Å². The van der Waals surface area contributed by atoms with Gasteiger partial charge in [-0.2, -0.15) is 0 Å². The van der Waals surface area contributed by atoms with Gasteiger partial charge in [-0.1, -0.05) is 0 Å². The summed E-state index contributed by atoms with van der Waals surface area (Å²) in [5, 5.41) is 0. The predicted molar refractivity (Wildman–Crippen MR) is 62.1 cm³/mol. The predicted octanol–water partition coefficient (Wildman–Crippen LogP) is 2.83. The lowest BCUT2D eigenvalue weighted by atomic mass is 9.99. The van der Waals surface area contributed by atoms with Gasteiger partial charge in [-0.05, 0) is 32.9 Å². The summed E-state index contributed by atoms with van der Waals surface area (Å²) in [6, 6.07) is 3.64. The molecule has 0 spiro atoms. The zero-order valence-electron chi connectivity index (χ0n) is 10.3. The monoisotopic (exact) mass is 241 g/mol. The normalized spacial score (nSPS) is 17.9. The van der Waals surface area contributed by atoms with E-state index >= 15 is 0 Å². The van der Waals surface area contributed by atoms with Gasteiger partial charge in [0.15, 0.2) is 11.6 Å². The minimum Gasteiger partial charge on any atom is -0.488 e. The molecule has 1 aliphatic rings. The minimum absolute atomic E-state index is 0.0686. The van der Waals surface area contributed by atoms with E-state index in [2.05, 4.69) is 25.7 Å². The summed E-state index contributed by atoms with van der Waals surface area (Å²) >= 11 is 0. The first-order valence-electron chi connectivity index (χ1n) is 5.73. The Morgan fingerprint density at radius 2 is 1.82 bits per heavy atom. The largest absolute Gasteiger partial charge is 0.488 e. The molecule has 1 aromatic rings. The summed E-state index contributed by atoms with van der Waals surface area (Å²) in [5.74, 6) is -1.32. The van der Waals surface area contributed by atoms with Gasteiger partial charge in [0.1, 0.15) is 11.9 Å². The van der Waals surface area contributed by atoms with Crippen molar-refractivity contribution in [2.75, 3.05) is 13.1 Å². The highest BCUT2D eigenvalue weighted by Gasteiger charge is 2.35. The summed E-state index contributed by atoms with van der Waals surface area (Å²) in [7, 11) is 0. The van der Waals surface area contributed by atoms with Crippen molar-refractivity contribution in [2.24, 2.45) is 0 Å². The van der Waals surface area contributed by atoms with E-state index in [4.69, 9.17) is 4.74 Å². The molecule has 0 radical (unpaired) electrons. The van der Waals surface area contributed by atoms with Crippen LogP contribution in [0.2, 0.25) is 0 Å². The molecule has 0 aromatic heterocycles. The van der Waals surface area contributed by atoms with Crippen LogP contribution in [-0.4, -0.2) is 29.6 Å². The standard InChI is InChI=1S/C13H17F2NO/c1-13(2,3)16-7-10(8-16)17-9-4-5-11(14)12(15)6-9/h4-6,10H,7-8H2,1-3H3. The first kappa shape index (κ1) is 12.3. The molecule has 2 nitrogen and oxygen atoms in total. The zero-order chi connectivity index (χ0) is 12.6. The molecule has 4 heteroatoms. The molecule has 0 unspecified atom stereocenters. The van der Waals surface area contributed by atoms with Crippen molar-refractivity contribution in [1.29, 1.82) is 0 Å². The SMILES string of the molecule is CC(C)(C)N1CC(Oc2ccc(F)c(F)c2)C1. The second-order valence-electron chi connectivity index (χ2n) is 5.39. The Hall–Kier alpha value is -1.16. The molecule has 0 atom stereocenters. The number of benzene rings is 1. The molecule has 0 aliphatic carbocycles. The highest BCUT2D eigenvalue weighted by atomic mass is 19.2. The van der Waals surface area contributed by atoms with Crippen LogP contribution in [0.4, 0.5) is 8.78 Å². The maximum atomic E-state index is 13.0. The highest BCUT2D eigenvalue weighted by molar-refractivity contribution is 5.24. The van der Waals surface area contributed by atoms with Crippen molar-refractivity contribution in [1.82, 2.24) is 4.90 Å². The van der Waals surface area contributed by atoms with E-state index in [1.54, 1.807) is 0 Å². The molecule has 1 aliphatic heterocycles. The summed E-state index contributed by atoms with van der Waals surface area (Å²) in [6.45, 7) is 8.06. The molecule has 1 saturated heterocycles. The van der Waals surface area contributed by atoms with Crippen LogP contribution in [0.3, 0.4) is 0 Å². The molecule has 0 amide bonds. The first-order valence-corrected chi connectivity index (χ1v) is 5.73. The van der Waals surface area contributed by atoms with Gasteiger partial charge in [-0.15, -0.1) is 0 Å². The van der Waals surface area contributed by atoms with Crippen molar-refractivity contribution in [3.05, 3.63) is 29.8 Å². The fraction of sp³-hybridized carbons (Fsp3) is 0.538. The Kier molecular flexibility index (Phi) is 3.08. The van der Waals surface area contributed by atoms with Crippen LogP contribution in [-0.2, 0) is 0 Å². The molecule has 17 heavy (non-hydrogen) atoms. The zero-order valence-corrected chi connectivity index (χ0v) is 10.3. The van der Waals surface area contributed by atoms with E-state index in [1.165, 1.54) is 6.07 Å². The summed E-state index contributed by atoms with van der Waals surface area (Å²) in [6.07, 6.45) is 0.0686. The van der Waals surface area contributed by atoms with E-state index < -0.39 is 11.6 Å². The average molecular weight is 241 g/mol. The van der Waals surface area contributed by atoms with Crippen LogP contribution in [0.1, 0.15) is 20.8 Å². The molecular weight excluding hydrogens is 224 g/mol. The first-order chi connectivity index (χ1) is 7.86. The number of hydrogen-bond acceptors (Lipinski definition) is 2. The third-order valence-electron chi connectivity index (χ3n) is 2.99. The molecule has 1 heterocycles. The van der Waals surface area contributed by atoms with Gasteiger partial charge >= 0.3 is 0 Å². The molecule has 0 bridgehead atoms. The van der Waals surface area contributed by atoms with Crippen LogP contribution in [0, 0.1) is 11.6 Å². The smallest absolute Gasteiger partial charge is 0.162 e. The minimum atomic E-state index is -0.866. The van der Waals surface area contributed by atoms with E-state index in [-0.39, 0.29) is 11.6 Å². The van der Waals surface area contributed by atoms with E-state index in [0.717, 1.165) is 25.2 Å². The number of hydrogen-bond donors (Lipinski definition) is 0. The number of rotatable bonds is 2. The fourth-order valence-electron chi connectivity index (χ4n) is 1.80. The second-order valence-corrected chi connectivity index (χ2v) is 5.39. The van der Waals surface area contributed by atoms with Crippen LogP contribution >= 0.6 is 0 Å². The number of halogens is 2. The number of likely N-dealkylation sites (tertiary alicyclic amines) is 1. The quantitative estimate of drug-likeness (QED) is 0.789. The van der Waals surface area contributed by atoms with Gasteiger partial charge in [0.2, 0.25) is 0 Å². The molecule has 1 aromatic carbocycles.